The summed E-state index contributed by atoms with van der Waals surface area (Å²) in [5.74, 6) is -0.697. The van der Waals surface area contributed by atoms with E-state index < -0.39 is 29.7 Å². The Morgan fingerprint density at radius 2 is 1.75 bits per heavy atom. The zero-order valence-corrected chi connectivity index (χ0v) is 22.0. The molecule has 0 aliphatic rings. The number of alkyl carbamates (subject to hydrolysis) is 1. The molecule has 0 saturated heterocycles. The number of aromatic nitrogens is 1. The van der Waals surface area contributed by atoms with E-state index in [-0.39, 0.29) is 18.1 Å². The minimum Gasteiger partial charge on any atom is -0.508 e. The van der Waals surface area contributed by atoms with Crippen LogP contribution in [0.1, 0.15) is 56.4 Å². The van der Waals surface area contributed by atoms with Gasteiger partial charge in [0.2, 0.25) is 11.8 Å². The molecule has 3 amide bonds. The minimum atomic E-state index is -0.984. The standard InChI is InChI=1S/C27H38N4O5/c1-17-13-21(32)14-18(2)22(17)15-23(31-26(35)36-27(4,5)6)25(34)30-19(3)24(33)29-12-8-10-20-9-7-11-28-16-20/h7,9,11,13-14,16,19,23,32H,8,10,12,15H2,1-6H3,(H,29,33)(H,30,34)(H,31,35)/t19-,23?/m1/s1. The van der Waals surface area contributed by atoms with Crippen molar-refractivity contribution in [3.05, 3.63) is 58.9 Å². The van der Waals surface area contributed by atoms with Crippen molar-refractivity contribution >= 4 is 17.9 Å². The lowest BCUT2D eigenvalue weighted by molar-refractivity contribution is -0.129. The number of nitrogens with one attached hydrogen (secondary N) is 3. The molecule has 0 fully saturated rings. The van der Waals surface area contributed by atoms with E-state index in [0.29, 0.717) is 6.54 Å². The van der Waals surface area contributed by atoms with Crippen molar-refractivity contribution in [2.75, 3.05) is 6.54 Å². The maximum atomic E-state index is 13.2. The zero-order valence-electron chi connectivity index (χ0n) is 22.0. The maximum Gasteiger partial charge on any atom is 0.408 e. The summed E-state index contributed by atoms with van der Waals surface area (Å²) in [5, 5.41) is 18.0. The third kappa shape index (κ3) is 9.56. The summed E-state index contributed by atoms with van der Waals surface area (Å²) in [6.07, 6.45) is 4.46. The van der Waals surface area contributed by atoms with Gasteiger partial charge in [0.05, 0.1) is 0 Å². The summed E-state index contributed by atoms with van der Waals surface area (Å²) in [5.41, 5.74) is 2.74. The number of nitrogens with zero attached hydrogens (tertiary/aromatic N) is 1. The Kier molecular flexibility index (Phi) is 10.3. The fourth-order valence-electron chi connectivity index (χ4n) is 3.74. The summed E-state index contributed by atoms with van der Waals surface area (Å²) < 4.78 is 5.34. The van der Waals surface area contributed by atoms with Crippen LogP contribution >= 0.6 is 0 Å². The number of aromatic hydroxyl groups is 1. The number of aryl methyl sites for hydroxylation is 3. The molecule has 0 spiro atoms. The summed E-state index contributed by atoms with van der Waals surface area (Å²) in [6.45, 7) is 10.9. The number of rotatable bonds is 10. The second-order valence-electron chi connectivity index (χ2n) is 9.95. The normalized spacial score (nSPS) is 12.8. The summed E-state index contributed by atoms with van der Waals surface area (Å²) in [4.78, 5) is 42.2. The minimum absolute atomic E-state index is 0.128. The Bertz CT molecular complexity index is 1030. The van der Waals surface area contributed by atoms with Gasteiger partial charge in [-0.05, 0) is 94.8 Å². The number of ether oxygens (including phenoxy) is 1. The van der Waals surface area contributed by atoms with E-state index >= 15 is 0 Å². The molecule has 0 radical (unpaired) electrons. The summed E-state index contributed by atoms with van der Waals surface area (Å²) in [6, 6.07) is 5.27. The first-order valence-corrected chi connectivity index (χ1v) is 12.1. The van der Waals surface area contributed by atoms with Crippen LogP contribution in [0.3, 0.4) is 0 Å². The maximum absolute atomic E-state index is 13.2. The molecule has 1 aromatic carbocycles. The predicted octanol–water partition coefficient (Wildman–Crippen LogP) is 3.09. The van der Waals surface area contributed by atoms with Crippen LogP contribution in [0.2, 0.25) is 0 Å². The van der Waals surface area contributed by atoms with Crippen LogP contribution < -0.4 is 16.0 Å². The lowest BCUT2D eigenvalue weighted by atomic mass is 9.95. The smallest absolute Gasteiger partial charge is 0.408 e. The van der Waals surface area contributed by atoms with E-state index in [1.54, 1.807) is 52.2 Å². The number of carbonyl (C=O) groups excluding carboxylic acids is 3. The molecule has 0 saturated carbocycles. The molecule has 0 aliphatic carbocycles. The summed E-state index contributed by atoms with van der Waals surface area (Å²) in [7, 11) is 0. The number of phenolic OH excluding ortho intramolecular Hbond substituents is 1. The number of carbonyl (C=O) groups is 3. The van der Waals surface area contributed by atoms with Crippen molar-refractivity contribution in [3.8, 4) is 5.75 Å². The Morgan fingerprint density at radius 1 is 1.08 bits per heavy atom. The molecular weight excluding hydrogens is 460 g/mol. The van der Waals surface area contributed by atoms with Gasteiger partial charge >= 0.3 is 6.09 Å². The third-order valence-corrected chi connectivity index (χ3v) is 5.51. The molecule has 0 aliphatic heterocycles. The van der Waals surface area contributed by atoms with Crippen LogP contribution in [-0.2, 0) is 27.2 Å². The summed E-state index contributed by atoms with van der Waals surface area (Å²) >= 11 is 0. The van der Waals surface area contributed by atoms with Gasteiger partial charge in [0.25, 0.3) is 0 Å². The van der Waals surface area contributed by atoms with Crippen molar-refractivity contribution in [1.82, 2.24) is 20.9 Å². The molecule has 9 nitrogen and oxygen atoms in total. The molecular formula is C27H38N4O5. The van der Waals surface area contributed by atoms with Crippen LogP contribution in [0, 0.1) is 13.8 Å². The first-order chi connectivity index (χ1) is 16.9. The fourth-order valence-corrected chi connectivity index (χ4v) is 3.74. The topological polar surface area (TPSA) is 130 Å². The van der Waals surface area contributed by atoms with Gasteiger partial charge in [-0.1, -0.05) is 6.07 Å². The number of pyridine rings is 1. The molecule has 0 bridgehead atoms. The van der Waals surface area contributed by atoms with Crippen LogP contribution in [0.25, 0.3) is 0 Å². The SMILES string of the molecule is Cc1cc(O)cc(C)c1CC(NC(=O)OC(C)(C)C)C(=O)N[C@H](C)C(=O)NCCCc1cccnc1. The molecule has 36 heavy (non-hydrogen) atoms. The largest absolute Gasteiger partial charge is 0.508 e. The van der Waals surface area contributed by atoms with Gasteiger partial charge < -0.3 is 25.8 Å². The van der Waals surface area contributed by atoms with Crippen LogP contribution in [0.4, 0.5) is 4.79 Å². The van der Waals surface area contributed by atoms with E-state index in [1.807, 2.05) is 26.0 Å². The average molecular weight is 499 g/mol. The van der Waals surface area contributed by atoms with E-state index in [0.717, 1.165) is 35.1 Å². The Hall–Kier alpha value is -3.62. The van der Waals surface area contributed by atoms with Gasteiger partial charge in [-0.2, -0.15) is 0 Å². The number of amides is 3. The Balaban J connectivity index is 2.02. The average Bonchev–Trinajstić information content (AvgIpc) is 2.77. The number of phenols is 1. The highest BCUT2D eigenvalue weighted by Gasteiger charge is 2.28. The van der Waals surface area contributed by atoms with Crippen molar-refractivity contribution in [2.24, 2.45) is 0 Å². The van der Waals surface area contributed by atoms with Crippen molar-refractivity contribution in [1.29, 1.82) is 0 Å². The molecule has 196 valence electrons. The molecule has 2 aromatic rings. The fraction of sp³-hybridized carbons (Fsp3) is 0.481. The van der Waals surface area contributed by atoms with Crippen molar-refractivity contribution in [3.63, 3.8) is 0 Å². The van der Waals surface area contributed by atoms with Gasteiger partial charge in [-0.25, -0.2) is 4.79 Å². The van der Waals surface area contributed by atoms with Gasteiger partial charge in [0.15, 0.2) is 0 Å². The molecule has 2 rings (SSSR count). The van der Waals surface area contributed by atoms with E-state index in [1.165, 1.54) is 0 Å². The number of hydrogen-bond donors (Lipinski definition) is 4. The van der Waals surface area contributed by atoms with Crippen molar-refractivity contribution in [2.45, 2.75) is 78.5 Å². The van der Waals surface area contributed by atoms with Gasteiger partial charge in [-0.3, -0.25) is 14.6 Å². The highest BCUT2D eigenvalue weighted by Crippen LogP contribution is 2.22. The molecule has 1 heterocycles. The lowest BCUT2D eigenvalue weighted by Crippen LogP contribution is -2.54. The number of hydrogen-bond acceptors (Lipinski definition) is 6. The van der Waals surface area contributed by atoms with Crippen molar-refractivity contribution < 1.29 is 24.2 Å². The molecule has 2 atom stereocenters. The number of benzene rings is 1. The van der Waals surface area contributed by atoms with Gasteiger partial charge in [-0.15, -0.1) is 0 Å². The zero-order chi connectivity index (χ0) is 26.9. The predicted molar refractivity (Wildman–Crippen MR) is 138 cm³/mol. The van der Waals surface area contributed by atoms with E-state index in [4.69, 9.17) is 4.74 Å². The second kappa shape index (κ2) is 12.9. The first-order valence-electron chi connectivity index (χ1n) is 12.1. The Morgan fingerprint density at radius 3 is 2.33 bits per heavy atom. The van der Waals surface area contributed by atoms with Gasteiger partial charge in [0.1, 0.15) is 23.4 Å². The van der Waals surface area contributed by atoms with E-state index in [9.17, 15) is 19.5 Å². The third-order valence-electron chi connectivity index (χ3n) is 5.51. The molecule has 1 aromatic heterocycles. The molecule has 1 unspecified atom stereocenters. The van der Waals surface area contributed by atoms with E-state index in [2.05, 4.69) is 20.9 Å². The molecule has 9 heteroatoms. The highest BCUT2D eigenvalue weighted by molar-refractivity contribution is 5.91. The lowest BCUT2D eigenvalue weighted by Gasteiger charge is -2.25. The van der Waals surface area contributed by atoms with Gasteiger partial charge in [0, 0.05) is 25.4 Å². The van der Waals surface area contributed by atoms with Crippen LogP contribution in [0.15, 0.2) is 36.7 Å². The second-order valence-corrected chi connectivity index (χ2v) is 9.95. The van der Waals surface area contributed by atoms with Crippen LogP contribution in [-0.4, -0.2) is 52.2 Å². The van der Waals surface area contributed by atoms with Crippen LogP contribution in [0.5, 0.6) is 5.75 Å². The Labute approximate surface area is 213 Å². The molecule has 4 N–H and O–H groups in total. The highest BCUT2D eigenvalue weighted by atomic mass is 16.6. The first kappa shape index (κ1) is 28.6. The quantitative estimate of drug-likeness (QED) is 0.373. The monoisotopic (exact) mass is 498 g/mol.